The predicted molar refractivity (Wildman–Crippen MR) is 45.6 cm³/mol. The summed E-state index contributed by atoms with van der Waals surface area (Å²) in [4.78, 5) is 7.95. The van der Waals surface area contributed by atoms with Crippen LogP contribution in [-0.4, -0.2) is 10.1 Å². The van der Waals surface area contributed by atoms with E-state index in [0.29, 0.717) is 0 Å². The number of hydrogen-bond donors (Lipinski definition) is 0. The maximum Gasteiger partial charge on any atom is 0.100 e. The molecule has 0 N–H and O–H groups in total. The van der Waals surface area contributed by atoms with Gasteiger partial charge in [0.25, 0.3) is 0 Å². The molecule has 0 aliphatic carbocycles. The zero-order chi connectivity index (χ0) is 7.40. The van der Waals surface area contributed by atoms with Crippen LogP contribution in [0.5, 0.6) is 0 Å². The van der Waals surface area contributed by atoms with Gasteiger partial charge < -0.3 is 0 Å². The molecular formula is C6H6N2S2. The lowest BCUT2D eigenvalue weighted by molar-refractivity contribution is 0.798. The molecule has 0 aromatic carbocycles. The fourth-order valence-electron chi connectivity index (χ4n) is 0.573. The highest BCUT2D eigenvalue weighted by molar-refractivity contribution is 7.78. The fourth-order valence-corrected chi connectivity index (χ4v) is 1.37. The average Bonchev–Trinajstić information content (AvgIpc) is 2.38. The second kappa shape index (κ2) is 3.56. The summed E-state index contributed by atoms with van der Waals surface area (Å²) in [6.07, 6.45) is 0. The van der Waals surface area contributed by atoms with Gasteiger partial charge in [0.2, 0.25) is 0 Å². The maximum absolute atomic E-state index is 4.46. The molecule has 0 bridgehead atoms. The quantitative estimate of drug-likeness (QED) is 0.502. The summed E-state index contributed by atoms with van der Waals surface area (Å²) >= 11 is 6.02. The maximum atomic E-state index is 4.46. The van der Waals surface area contributed by atoms with E-state index >= 15 is 0 Å². The Morgan fingerprint density at radius 2 is 2.70 bits per heavy atom. The number of thiocarbonyl (C=S) groups is 1. The van der Waals surface area contributed by atoms with Crippen LogP contribution < -0.4 is 0 Å². The fraction of sp³-hybridized carbons (Fsp3) is 0.333. The van der Waals surface area contributed by atoms with Crippen LogP contribution in [0.1, 0.15) is 18.7 Å². The molecule has 2 nitrogen and oxygen atoms in total. The molecule has 0 fully saturated rings. The van der Waals surface area contributed by atoms with Gasteiger partial charge in [-0.1, -0.05) is 0 Å². The summed E-state index contributed by atoms with van der Waals surface area (Å²) in [5, 5.41) is 4.29. The molecule has 0 aliphatic rings. The van der Waals surface area contributed by atoms with Gasteiger partial charge in [0.15, 0.2) is 0 Å². The monoisotopic (exact) mass is 170 g/mol. The van der Waals surface area contributed by atoms with Gasteiger partial charge >= 0.3 is 0 Å². The van der Waals surface area contributed by atoms with Crippen molar-refractivity contribution >= 4 is 28.7 Å². The molecule has 1 heterocycles. The number of nitrogens with zero attached hydrogens (tertiary/aromatic N) is 2. The summed E-state index contributed by atoms with van der Waals surface area (Å²) in [6, 6.07) is 0.0590. The molecule has 0 amide bonds. The van der Waals surface area contributed by atoms with Crippen LogP contribution in [0.3, 0.4) is 0 Å². The van der Waals surface area contributed by atoms with Crippen molar-refractivity contribution < 1.29 is 0 Å². The van der Waals surface area contributed by atoms with Crippen LogP contribution in [0.2, 0.25) is 0 Å². The minimum Gasteiger partial charge on any atom is -0.247 e. The molecule has 0 saturated heterocycles. The number of aliphatic imine (C=N–C) groups is 1. The third kappa shape index (κ3) is 1.70. The van der Waals surface area contributed by atoms with E-state index in [-0.39, 0.29) is 6.04 Å². The van der Waals surface area contributed by atoms with Gasteiger partial charge in [0.05, 0.1) is 16.4 Å². The van der Waals surface area contributed by atoms with E-state index in [2.05, 4.69) is 27.4 Å². The van der Waals surface area contributed by atoms with Crippen LogP contribution in [0.4, 0.5) is 0 Å². The van der Waals surface area contributed by atoms with Crippen molar-refractivity contribution in [1.29, 1.82) is 0 Å². The minimum absolute atomic E-state index is 0.0590. The number of hydrogen-bond acceptors (Lipinski definition) is 4. The van der Waals surface area contributed by atoms with Crippen molar-refractivity contribution in [2.45, 2.75) is 13.0 Å². The van der Waals surface area contributed by atoms with E-state index in [1.807, 2.05) is 12.3 Å². The molecule has 1 atom stereocenters. The van der Waals surface area contributed by atoms with E-state index < -0.39 is 0 Å². The van der Waals surface area contributed by atoms with Crippen molar-refractivity contribution in [3.63, 3.8) is 0 Å². The van der Waals surface area contributed by atoms with Crippen molar-refractivity contribution in [2.75, 3.05) is 0 Å². The summed E-state index contributed by atoms with van der Waals surface area (Å²) in [5.74, 6) is 0. The summed E-state index contributed by atoms with van der Waals surface area (Å²) in [5.41, 5.74) is 2.74. The number of isothiocyanates is 1. The highest BCUT2D eigenvalue weighted by Crippen LogP contribution is 2.14. The van der Waals surface area contributed by atoms with E-state index in [1.54, 1.807) is 16.8 Å². The Morgan fingerprint density at radius 3 is 3.20 bits per heavy atom. The van der Waals surface area contributed by atoms with Gasteiger partial charge in [-0.2, -0.15) is 0 Å². The van der Waals surface area contributed by atoms with E-state index in [0.717, 1.165) is 5.69 Å². The third-order valence-corrected chi connectivity index (χ3v) is 1.84. The molecule has 0 unspecified atom stereocenters. The molecule has 4 heteroatoms. The molecule has 0 aliphatic heterocycles. The Bertz CT molecular complexity index is 236. The van der Waals surface area contributed by atoms with Crippen molar-refractivity contribution in [1.82, 2.24) is 4.98 Å². The first-order chi connectivity index (χ1) is 4.84. The van der Waals surface area contributed by atoms with E-state index in [9.17, 15) is 0 Å². The lowest BCUT2D eigenvalue weighted by Crippen LogP contribution is -1.86. The average molecular weight is 170 g/mol. The molecule has 10 heavy (non-hydrogen) atoms. The Balaban J connectivity index is 2.76. The molecule has 0 saturated carbocycles. The van der Waals surface area contributed by atoms with Gasteiger partial charge in [0.1, 0.15) is 6.04 Å². The molecule has 1 rings (SSSR count). The second-order valence-corrected chi connectivity index (χ2v) is 2.71. The predicted octanol–water partition coefficient (Wildman–Crippen LogP) is 2.31. The van der Waals surface area contributed by atoms with Crippen LogP contribution in [0.25, 0.3) is 0 Å². The molecule has 1 aromatic rings. The van der Waals surface area contributed by atoms with Crippen molar-refractivity contribution in [3.8, 4) is 0 Å². The zero-order valence-corrected chi connectivity index (χ0v) is 7.08. The lowest BCUT2D eigenvalue weighted by Gasteiger charge is -1.95. The standard InChI is InChI=1S/C6H6N2S2/c1-5(7-3-9)6-2-10-4-8-6/h2,4-5H,1H3/t5-/m1/s1. The molecule has 52 valence electrons. The summed E-state index contributed by atoms with van der Waals surface area (Å²) < 4.78 is 0. The first-order valence-corrected chi connectivity index (χ1v) is 4.14. The Kier molecular flexibility index (Phi) is 2.68. The normalized spacial score (nSPS) is 12.1. The van der Waals surface area contributed by atoms with Gasteiger partial charge in [-0.25, -0.2) is 9.98 Å². The summed E-state index contributed by atoms with van der Waals surface area (Å²) in [6.45, 7) is 1.94. The van der Waals surface area contributed by atoms with Crippen molar-refractivity contribution in [2.24, 2.45) is 4.99 Å². The summed E-state index contributed by atoms with van der Waals surface area (Å²) in [7, 11) is 0. The minimum atomic E-state index is 0.0590. The Labute approximate surface area is 68.6 Å². The Hall–Kier alpha value is -0.570. The highest BCUT2D eigenvalue weighted by atomic mass is 32.1. The Morgan fingerprint density at radius 1 is 1.90 bits per heavy atom. The molecule has 0 spiro atoms. The van der Waals surface area contributed by atoms with Crippen molar-refractivity contribution in [3.05, 3.63) is 16.6 Å². The van der Waals surface area contributed by atoms with Crippen LogP contribution in [-0.2, 0) is 0 Å². The smallest absolute Gasteiger partial charge is 0.100 e. The highest BCUT2D eigenvalue weighted by Gasteiger charge is 2.02. The molecular weight excluding hydrogens is 164 g/mol. The number of aromatic nitrogens is 1. The first kappa shape index (κ1) is 7.54. The number of thiazole rings is 1. The van der Waals surface area contributed by atoms with E-state index in [1.165, 1.54) is 0 Å². The second-order valence-electron chi connectivity index (χ2n) is 1.81. The van der Waals surface area contributed by atoms with Gasteiger partial charge in [-0.05, 0) is 19.1 Å². The molecule has 0 radical (unpaired) electrons. The largest absolute Gasteiger partial charge is 0.247 e. The van der Waals surface area contributed by atoms with E-state index in [4.69, 9.17) is 0 Å². The zero-order valence-electron chi connectivity index (χ0n) is 5.44. The lowest BCUT2D eigenvalue weighted by atomic mass is 10.3. The van der Waals surface area contributed by atoms with Gasteiger partial charge in [-0.15, -0.1) is 11.3 Å². The van der Waals surface area contributed by atoms with Crippen LogP contribution >= 0.6 is 23.6 Å². The SMILES string of the molecule is C[C@@H](N=C=S)c1cscn1. The molecule has 1 aromatic heterocycles. The third-order valence-electron chi connectivity index (χ3n) is 1.13. The first-order valence-electron chi connectivity index (χ1n) is 2.79. The van der Waals surface area contributed by atoms with Crippen LogP contribution in [0.15, 0.2) is 15.9 Å². The van der Waals surface area contributed by atoms with Gasteiger partial charge in [0, 0.05) is 5.38 Å². The van der Waals surface area contributed by atoms with Gasteiger partial charge in [-0.3, -0.25) is 0 Å². The topological polar surface area (TPSA) is 25.2 Å². The number of rotatable bonds is 2. The van der Waals surface area contributed by atoms with Crippen LogP contribution in [0, 0.1) is 0 Å².